The van der Waals surface area contributed by atoms with Crippen LogP contribution in [0, 0.1) is 0 Å². The molecule has 9 heteroatoms. The van der Waals surface area contributed by atoms with Crippen molar-refractivity contribution in [2.45, 2.75) is 24.2 Å². The van der Waals surface area contributed by atoms with E-state index in [9.17, 15) is 18.0 Å². The SMILES string of the molecule is O=C(CSc1ncc(-c2ccc(Br)cc2)n1-c1cccc(C(F)(F)F)c1)N1CCCC1. The van der Waals surface area contributed by atoms with E-state index in [4.69, 9.17) is 0 Å². The highest BCUT2D eigenvalue weighted by Gasteiger charge is 2.31. The summed E-state index contributed by atoms with van der Waals surface area (Å²) in [6.07, 6.45) is -0.814. The Balaban J connectivity index is 1.72. The molecule has 0 spiro atoms. The molecule has 1 saturated heterocycles. The number of hydrogen-bond acceptors (Lipinski definition) is 3. The van der Waals surface area contributed by atoms with Crippen LogP contribution in [0.4, 0.5) is 13.2 Å². The second kappa shape index (κ2) is 9.08. The van der Waals surface area contributed by atoms with Gasteiger partial charge in [-0.15, -0.1) is 0 Å². The Kier molecular flexibility index (Phi) is 6.43. The molecule has 3 aromatic rings. The Labute approximate surface area is 190 Å². The molecule has 0 aliphatic carbocycles. The molecule has 0 bridgehead atoms. The zero-order valence-electron chi connectivity index (χ0n) is 16.4. The number of likely N-dealkylation sites (tertiary alicyclic amines) is 1. The maximum absolute atomic E-state index is 13.3. The van der Waals surface area contributed by atoms with E-state index < -0.39 is 11.7 Å². The van der Waals surface area contributed by atoms with Gasteiger partial charge in [0.15, 0.2) is 5.16 Å². The first kappa shape index (κ1) is 22.0. The third-order valence-corrected chi connectivity index (χ3v) is 6.55. The molecule has 0 unspecified atom stereocenters. The van der Waals surface area contributed by atoms with Gasteiger partial charge in [0.1, 0.15) is 0 Å². The van der Waals surface area contributed by atoms with E-state index in [0.29, 0.717) is 16.5 Å². The minimum atomic E-state index is -4.45. The van der Waals surface area contributed by atoms with Crippen molar-refractivity contribution < 1.29 is 18.0 Å². The standard InChI is InChI=1S/C22H19BrF3N3OS/c23-17-8-6-15(7-9-17)19-13-27-21(31-14-20(30)28-10-1-2-11-28)29(19)18-5-3-4-16(12-18)22(24,25)26/h3-9,12-13H,1-2,10-11,14H2. The van der Waals surface area contributed by atoms with Crippen molar-refractivity contribution in [2.24, 2.45) is 0 Å². The lowest BCUT2D eigenvalue weighted by Crippen LogP contribution is -2.29. The highest BCUT2D eigenvalue weighted by atomic mass is 79.9. The molecule has 1 aliphatic rings. The molecule has 1 aromatic heterocycles. The summed E-state index contributed by atoms with van der Waals surface area (Å²) in [7, 11) is 0. The van der Waals surface area contributed by atoms with Gasteiger partial charge in [-0.1, -0.05) is 45.9 Å². The number of carbonyl (C=O) groups excluding carboxylic acids is 1. The highest BCUT2D eigenvalue weighted by Crippen LogP contribution is 2.34. The summed E-state index contributed by atoms with van der Waals surface area (Å²) in [6, 6.07) is 12.6. The van der Waals surface area contributed by atoms with Crippen LogP contribution in [-0.4, -0.2) is 39.2 Å². The van der Waals surface area contributed by atoms with Crippen LogP contribution < -0.4 is 0 Å². The first-order valence-corrected chi connectivity index (χ1v) is 11.5. The number of carbonyl (C=O) groups is 1. The Morgan fingerprint density at radius 2 is 1.81 bits per heavy atom. The van der Waals surface area contributed by atoms with Crippen molar-refractivity contribution in [1.82, 2.24) is 14.5 Å². The topological polar surface area (TPSA) is 38.1 Å². The largest absolute Gasteiger partial charge is 0.416 e. The average molecular weight is 510 g/mol. The normalized spacial score (nSPS) is 14.3. The maximum Gasteiger partial charge on any atom is 0.416 e. The van der Waals surface area contributed by atoms with Gasteiger partial charge in [0, 0.05) is 28.8 Å². The van der Waals surface area contributed by atoms with Gasteiger partial charge in [0.05, 0.1) is 23.2 Å². The molecule has 4 nitrogen and oxygen atoms in total. The molecular weight excluding hydrogens is 491 g/mol. The van der Waals surface area contributed by atoms with Crippen LogP contribution in [0.1, 0.15) is 18.4 Å². The van der Waals surface area contributed by atoms with Crippen LogP contribution >= 0.6 is 27.7 Å². The zero-order valence-corrected chi connectivity index (χ0v) is 18.8. The van der Waals surface area contributed by atoms with E-state index in [1.165, 1.54) is 17.8 Å². The van der Waals surface area contributed by atoms with E-state index in [0.717, 1.165) is 48.1 Å². The number of aromatic nitrogens is 2. The first-order chi connectivity index (χ1) is 14.8. The third kappa shape index (κ3) is 4.98. The summed E-state index contributed by atoms with van der Waals surface area (Å²) < 4.78 is 42.5. The number of halogens is 4. The minimum absolute atomic E-state index is 0.0197. The molecule has 1 aliphatic heterocycles. The minimum Gasteiger partial charge on any atom is -0.342 e. The number of hydrogen-bond donors (Lipinski definition) is 0. The molecule has 2 aromatic carbocycles. The van der Waals surface area contributed by atoms with Crippen LogP contribution in [0.5, 0.6) is 0 Å². The predicted molar refractivity (Wildman–Crippen MR) is 118 cm³/mol. The Morgan fingerprint density at radius 1 is 1.10 bits per heavy atom. The second-order valence-electron chi connectivity index (χ2n) is 7.19. The van der Waals surface area contributed by atoms with Crippen molar-refractivity contribution in [3.05, 3.63) is 64.8 Å². The molecule has 162 valence electrons. The Hall–Kier alpha value is -2.26. The Morgan fingerprint density at radius 3 is 2.48 bits per heavy atom. The van der Waals surface area contributed by atoms with Crippen molar-refractivity contribution in [3.63, 3.8) is 0 Å². The lowest BCUT2D eigenvalue weighted by molar-refractivity contribution is -0.137. The fraction of sp³-hybridized carbons (Fsp3) is 0.273. The third-order valence-electron chi connectivity index (χ3n) is 5.08. The quantitative estimate of drug-likeness (QED) is 0.393. The molecule has 0 saturated carbocycles. The lowest BCUT2D eigenvalue weighted by Gasteiger charge is -2.16. The van der Waals surface area contributed by atoms with Crippen molar-refractivity contribution >= 4 is 33.6 Å². The second-order valence-corrected chi connectivity index (χ2v) is 9.05. The molecule has 1 amide bonds. The van der Waals surface area contributed by atoms with Crippen LogP contribution in [-0.2, 0) is 11.0 Å². The lowest BCUT2D eigenvalue weighted by atomic mass is 10.1. The number of alkyl halides is 3. The summed E-state index contributed by atoms with van der Waals surface area (Å²) in [4.78, 5) is 18.7. The van der Waals surface area contributed by atoms with E-state index in [2.05, 4.69) is 20.9 Å². The molecule has 1 fully saturated rings. The molecule has 4 rings (SSSR count). The zero-order chi connectivity index (χ0) is 22.0. The molecule has 31 heavy (non-hydrogen) atoms. The van der Waals surface area contributed by atoms with Crippen LogP contribution in [0.15, 0.2) is 64.4 Å². The predicted octanol–water partition coefficient (Wildman–Crippen LogP) is 6.04. The summed E-state index contributed by atoms with van der Waals surface area (Å²) in [5, 5.41) is 0.477. The van der Waals surface area contributed by atoms with E-state index >= 15 is 0 Å². The van der Waals surface area contributed by atoms with Gasteiger partial charge in [-0.25, -0.2) is 4.98 Å². The number of imidazole rings is 1. The van der Waals surface area contributed by atoms with Gasteiger partial charge in [-0.05, 0) is 43.2 Å². The van der Waals surface area contributed by atoms with Gasteiger partial charge in [-0.2, -0.15) is 13.2 Å². The van der Waals surface area contributed by atoms with Crippen molar-refractivity contribution in [2.75, 3.05) is 18.8 Å². The van der Waals surface area contributed by atoms with Crippen molar-refractivity contribution in [3.8, 4) is 16.9 Å². The molecule has 2 heterocycles. The van der Waals surface area contributed by atoms with Crippen LogP contribution in [0.25, 0.3) is 16.9 Å². The van der Waals surface area contributed by atoms with E-state index in [-0.39, 0.29) is 11.7 Å². The van der Waals surface area contributed by atoms with Gasteiger partial charge in [0.2, 0.25) is 5.91 Å². The summed E-state index contributed by atoms with van der Waals surface area (Å²) in [6.45, 7) is 1.51. The summed E-state index contributed by atoms with van der Waals surface area (Å²) >= 11 is 4.64. The van der Waals surface area contributed by atoms with E-state index in [1.807, 2.05) is 29.2 Å². The smallest absolute Gasteiger partial charge is 0.342 e. The van der Waals surface area contributed by atoms with Crippen LogP contribution in [0.3, 0.4) is 0 Å². The number of rotatable bonds is 5. The van der Waals surface area contributed by atoms with Gasteiger partial charge in [-0.3, -0.25) is 9.36 Å². The number of benzene rings is 2. The number of nitrogens with zero attached hydrogens (tertiary/aromatic N) is 3. The maximum atomic E-state index is 13.3. The molecular formula is C22H19BrF3N3OS. The Bertz CT molecular complexity index is 1080. The fourth-order valence-electron chi connectivity index (χ4n) is 3.52. The first-order valence-electron chi connectivity index (χ1n) is 9.75. The number of thioether (sulfide) groups is 1. The van der Waals surface area contributed by atoms with E-state index in [1.54, 1.807) is 16.8 Å². The van der Waals surface area contributed by atoms with Crippen LogP contribution in [0.2, 0.25) is 0 Å². The number of amides is 1. The molecule has 0 atom stereocenters. The van der Waals surface area contributed by atoms with Gasteiger partial charge >= 0.3 is 6.18 Å². The van der Waals surface area contributed by atoms with Gasteiger partial charge < -0.3 is 4.90 Å². The summed E-state index contributed by atoms with van der Waals surface area (Å²) in [5.74, 6) is 0.210. The summed E-state index contributed by atoms with van der Waals surface area (Å²) in [5.41, 5.74) is 1.08. The van der Waals surface area contributed by atoms with Gasteiger partial charge in [0.25, 0.3) is 0 Å². The van der Waals surface area contributed by atoms with Crippen molar-refractivity contribution in [1.29, 1.82) is 0 Å². The monoisotopic (exact) mass is 509 g/mol. The molecule has 0 radical (unpaired) electrons. The highest BCUT2D eigenvalue weighted by molar-refractivity contribution is 9.10. The fourth-order valence-corrected chi connectivity index (χ4v) is 4.68. The average Bonchev–Trinajstić information content (AvgIpc) is 3.42. The molecule has 0 N–H and O–H groups in total.